The molecular formula is C32H36BNO3. The van der Waals surface area contributed by atoms with Crippen molar-refractivity contribution in [3.8, 4) is 0 Å². The van der Waals surface area contributed by atoms with Gasteiger partial charge in [-0.15, -0.1) is 0 Å². The molecule has 4 rings (SSSR count). The minimum atomic E-state index is -1.13. The van der Waals surface area contributed by atoms with E-state index in [0.717, 1.165) is 28.7 Å². The van der Waals surface area contributed by atoms with Gasteiger partial charge >= 0.3 is 7.25 Å². The summed E-state index contributed by atoms with van der Waals surface area (Å²) in [5.41, 5.74) is 1.68. The summed E-state index contributed by atoms with van der Waals surface area (Å²) in [5.74, 6) is 0. The van der Waals surface area contributed by atoms with Crippen LogP contribution in [0, 0.1) is 0 Å². The largest absolute Gasteiger partial charge is 0.558 e. The molecule has 4 aromatic rings. The zero-order valence-corrected chi connectivity index (χ0v) is 22.2. The fourth-order valence-corrected chi connectivity index (χ4v) is 5.09. The third kappa shape index (κ3) is 5.14. The van der Waals surface area contributed by atoms with Crippen LogP contribution in [0.1, 0.15) is 35.6 Å². The maximum atomic E-state index is 7.32. The molecule has 37 heavy (non-hydrogen) atoms. The molecule has 0 aliphatic heterocycles. The summed E-state index contributed by atoms with van der Waals surface area (Å²) < 4.78 is 20.4. The van der Waals surface area contributed by atoms with E-state index in [9.17, 15) is 0 Å². The maximum absolute atomic E-state index is 7.32. The van der Waals surface area contributed by atoms with Gasteiger partial charge in [-0.1, -0.05) is 128 Å². The van der Waals surface area contributed by atoms with Crippen molar-refractivity contribution in [2.75, 3.05) is 27.8 Å². The van der Waals surface area contributed by atoms with E-state index in [0.29, 0.717) is 6.61 Å². The van der Waals surface area contributed by atoms with Crippen molar-refractivity contribution in [2.24, 2.45) is 0 Å². The Bertz CT molecular complexity index is 1130. The molecule has 0 saturated heterocycles. The summed E-state index contributed by atoms with van der Waals surface area (Å²) >= 11 is 0. The van der Waals surface area contributed by atoms with E-state index >= 15 is 0 Å². The van der Waals surface area contributed by atoms with Gasteiger partial charge in [-0.25, -0.2) is 0 Å². The van der Waals surface area contributed by atoms with Gasteiger partial charge in [0.15, 0.2) is 5.60 Å². The molecule has 0 aromatic heterocycles. The van der Waals surface area contributed by atoms with Gasteiger partial charge < -0.3 is 14.0 Å². The molecule has 0 saturated carbocycles. The molecule has 0 spiro atoms. The summed E-state index contributed by atoms with van der Waals surface area (Å²) in [4.78, 5) is 1.96. The molecule has 0 aliphatic rings. The molecule has 0 amide bonds. The van der Waals surface area contributed by atoms with Crippen molar-refractivity contribution >= 4 is 7.25 Å². The molecule has 0 unspecified atom stereocenters. The highest BCUT2D eigenvalue weighted by Gasteiger charge is 2.59. The molecule has 0 atom stereocenters. The lowest BCUT2D eigenvalue weighted by Crippen LogP contribution is -2.58. The van der Waals surface area contributed by atoms with Crippen molar-refractivity contribution in [2.45, 2.75) is 24.5 Å². The SMILES string of the molecule is CCCOB(OC(c1ccccc1)(c1ccccc1)C(OC)(c1ccccc1)c1ccccc1)N(C)C. The van der Waals surface area contributed by atoms with Crippen LogP contribution in [0.3, 0.4) is 0 Å². The van der Waals surface area contributed by atoms with Crippen molar-refractivity contribution < 1.29 is 14.0 Å². The lowest BCUT2D eigenvalue weighted by molar-refractivity contribution is -0.134. The van der Waals surface area contributed by atoms with E-state index in [1.54, 1.807) is 7.11 Å². The Morgan fingerprint density at radius 3 is 1.24 bits per heavy atom. The number of ether oxygens (including phenoxy) is 1. The summed E-state index contributed by atoms with van der Waals surface area (Å²) in [5, 5.41) is 0. The molecular weight excluding hydrogens is 457 g/mol. The molecule has 4 nitrogen and oxygen atoms in total. The van der Waals surface area contributed by atoms with E-state index in [-0.39, 0.29) is 0 Å². The van der Waals surface area contributed by atoms with Gasteiger partial charge in [-0.05, 0) is 42.8 Å². The Morgan fingerprint density at radius 1 is 0.595 bits per heavy atom. The van der Waals surface area contributed by atoms with E-state index < -0.39 is 18.5 Å². The molecule has 4 aromatic carbocycles. The van der Waals surface area contributed by atoms with Gasteiger partial charge in [-0.3, -0.25) is 4.81 Å². The molecule has 0 bridgehead atoms. The average Bonchev–Trinajstić information content (AvgIpc) is 2.96. The molecule has 0 aliphatic carbocycles. The van der Waals surface area contributed by atoms with Crippen LogP contribution in [0.5, 0.6) is 0 Å². The first-order chi connectivity index (χ1) is 18.1. The summed E-state index contributed by atoms with van der Waals surface area (Å²) in [7, 11) is 5.07. The minimum absolute atomic E-state index is 0.569. The van der Waals surface area contributed by atoms with Gasteiger partial charge in [0.2, 0.25) is 0 Å². The molecule has 190 valence electrons. The van der Waals surface area contributed by atoms with Crippen LogP contribution >= 0.6 is 0 Å². The second-order valence-electron chi connectivity index (χ2n) is 9.29. The first-order valence-corrected chi connectivity index (χ1v) is 12.8. The quantitative estimate of drug-likeness (QED) is 0.211. The Balaban J connectivity index is 2.16. The van der Waals surface area contributed by atoms with Crippen LogP contribution in [-0.4, -0.2) is 39.9 Å². The van der Waals surface area contributed by atoms with Crippen LogP contribution < -0.4 is 0 Å². The van der Waals surface area contributed by atoms with Gasteiger partial charge in [0.05, 0.1) is 0 Å². The number of nitrogens with zero attached hydrogens (tertiary/aromatic N) is 1. The molecule has 0 N–H and O–H groups in total. The Hall–Kier alpha value is -3.22. The van der Waals surface area contributed by atoms with Gasteiger partial charge in [0.25, 0.3) is 0 Å². The van der Waals surface area contributed by atoms with Gasteiger partial charge in [0, 0.05) is 13.7 Å². The van der Waals surface area contributed by atoms with E-state index in [4.69, 9.17) is 14.0 Å². The lowest BCUT2D eigenvalue weighted by atomic mass is 9.65. The van der Waals surface area contributed by atoms with Crippen molar-refractivity contribution in [3.05, 3.63) is 144 Å². The second kappa shape index (κ2) is 12.4. The van der Waals surface area contributed by atoms with Crippen LogP contribution in [0.25, 0.3) is 0 Å². The monoisotopic (exact) mass is 493 g/mol. The molecule has 0 fully saturated rings. The molecule has 5 heteroatoms. The average molecular weight is 493 g/mol. The first kappa shape index (κ1) is 26.8. The zero-order valence-electron chi connectivity index (χ0n) is 22.2. The van der Waals surface area contributed by atoms with Crippen molar-refractivity contribution in [3.63, 3.8) is 0 Å². The predicted octanol–water partition coefficient (Wildman–Crippen LogP) is 6.51. The van der Waals surface area contributed by atoms with E-state index in [1.807, 2.05) is 91.7 Å². The van der Waals surface area contributed by atoms with E-state index in [1.165, 1.54) is 0 Å². The number of rotatable bonds is 12. The maximum Gasteiger partial charge on any atom is 0.558 e. The van der Waals surface area contributed by atoms with Gasteiger partial charge in [-0.2, -0.15) is 0 Å². The Labute approximate surface area is 222 Å². The Kier molecular flexibility index (Phi) is 8.96. The fraction of sp³-hybridized carbons (Fsp3) is 0.250. The second-order valence-corrected chi connectivity index (χ2v) is 9.29. The molecule has 0 heterocycles. The normalized spacial score (nSPS) is 12.0. The summed E-state index contributed by atoms with van der Waals surface area (Å²) in [6, 6.07) is 41.3. The highest BCUT2D eigenvalue weighted by Crippen LogP contribution is 2.54. The van der Waals surface area contributed by atoms with Crippen molar-refractivity contribution in [1.29, 1.82) is 0 Å². The van der Waals surface area contributed by atoms with E-state index in [2.05, 4.69) is 55.5 Å². The van der Waals surface area contributed by atoms with Crippen LogP contribution in [0.15, 0.2) is 121 Å². The summed E-state index contributed by atoms with van der Waals surface area (Å²) in [6.07, 6.45) is 0.879. The third-order valence-electron chi connectivity index (χ3n) is 6.69. The number of hydrogen-bond acceptors (Lipinski definition) is 4. The zero-order chi connectivity index (χ0) is 26.1. The highest BCUT2D eigenvalue weighted by molar-refractivity contribution is 6.41. The van der Waals surface area contributed by atoms with Crippen molar-refractivity contribution in [1.82, 2.24) is 4.81 Å². The van der Waals surface area contributed by atoms with Crippen LogP contribution in [0.4, 0.5) is 0 Å². The van der Waals surface area contributed by atoms with Crippen LogP contribution in [0.2, 0.25) is 0 Å². The standard InChI is InChI=1S/C32H36BNO3/c1-5-26-36-33(34(2)3)37-32(29-22-14-8-15-23-29,30-24-16-9-17-25-30)31(35-4,27-18-10-6-11-19-27)28-20-12-7-13-21-28/h6-25H,5,26H2,1-4H3. The number of hydrogen-bond donors (Lipinski definition) is 0. The number of benzene rings is 4. The lowest BCUT2D eigenvalue weighted by Gasteiger charge is -2.52. The third-order valence-corrected chi connectivity index (χ3v) is 6.69. The highest BCUT2D eigenvalue weighted by atomic mass is 16.6. The van der Waals surface area contributed by atoms with Crippen LogP contribution in [-0.2, 0) is 25.2 Å². The number of methoxy groups -OCH3 is 1. The smallest absolute Gasteiger partial charge is 0.397 e. The first-order valence-electron chi connectivity index (χ1n) is 12.8. The predicted molar refractivity (Wildman–Crippen MR) is 151 cm³/mol. The summed E-state index contributed by atoms with van der Waals surface area (Å²) in [6.45, 7) is 2.67. The topological polar surface area (TPSA) is 30.9 Å². The Morgan fingerprint density at radius 2 is 0.946 bits per heavy atom. The fourth-order valence-electron chi connectivity index (χ4n) is 5.09. The minimum Gasteiger partial charge on any atom is -0.397 e. The molecule has 0 radical (unpaired) electrons. The van der Waals surface area contributed by atoms with Gasteiger partial charge in [0.1, 0.15) is 5.60 Å².